The minimum absolute atomic E-state index is 0.0282. The molecule has 5 nitrogen and oxygen atoms in total. The summed E-state index contributed by atoms with van der Waals surface area (Å²) in [4.78, 5) is 12.6. The maximum atomic E-state index is 13.2. The van der Waals surface area contributed by atoms with Crippen LogP contribution < -0.4 is 5.32 Å². The number of aryl methyl sites for hydroxylation is 1. The molecular formula is C23H25FN4OS. The molecule has 0 spiro atoms. The molecule has 7 heteroatoms. The maximum absolute atomic E-state index is 13.2. The van der Waals surface area contributed by atoms with Crippen LogP contribution in [0.3, 0.4) is 0 Å². The topological polar surface area (TPSA) is 59.8 Å². The van der Waals surface area contributed by atoms with Gasteiger partial charge in [0.1, 0.15) is 5.82 Å². The van der Waals surface area contributed by atoms with E-state index >= 15 is 0 Å². The van der Waals surface area contributed by atoms with Crippen LogP contribution in [0.25, 0.3) is 11.4 Å². The van der Waals surface area contributed by atoms with Crippen LogP contribution in [-0.2, 0) is 11.3 Å². The van der Waals surface area contributed by atoms with Gasteiger partial charge in [0.25, 0.3) is 0 Å². The number of aromatic nitrogens is 3. The molecule has 0 aliphatic rings. The number of hydrogen-bond acceptors (Lipinski definition) is 4. The highest BCUT2D eigenvalue weighted by atomic mass is 32.2. The molecule has 0 aliphatic heterocycles. The minimum Gasteiger partial charge on any atom is -0.349 e. The van der Waals surface area contributed by atoms with Crippen LogP contribution in [0, 0.1) is 12.7 Å². The van der Waals surface area contributed by atoms with Crippen LogP contribution in [0.1, 0.15) is 30.5 Å². The van der Waals surface area contributed by atoms with Crippen molar-refractivity contribution in [1.82, 2.24) is 20.1 Å². The number of carbonyl (C=O) groups is 1. The summed E-state index contributed by atoms with van der Waals surface area (Å²) in [6.45, 7) is 8.37. The Morgan fingerprint density at radius 2 is 1.90 bits per heavy atom. The van der Waals surface area contributed by atoms with E-state index in [1.54, 1.807) is 18.2 Å². The number of nitrogens with one attached hydrogen (secondary N) is 1. The molecular weight excluding hydrogens is 399 g/mol. The Bertz CT molecular complexity index is 999. The molecule has 0 bridgehead atoms. The molecule has 0 aliphatic carbocycles. The average Bonchev–Trinajstić information content (AvgIpc) is 3.14. The molecule has 0 radical (unpaired) electrons. The second-order valence-electron chi connectivity index (χ2n) is 6.94. The fourth-order valence-corrected chi connectivity index (χ4v) is 3.85. The predicted molar refractivity (Wildman–Crippen MR) is 119 cm³/mol. The summed E-state index contributed by atoms with van der Waals surface area (Å²) in [5.74, 6) is 0.466. The van der Waals surface area contributed by atoms with E-state index in [1.165, 1.54) is 29.5 Å². The molecule has 1 atom stereocenters. The molecule has 0 saturated heterocycles. The van der Waals surface area contributed by atoms with Gasteiger partial charge in [-0.1, -0.05) is 54.6 Å². The lowest BCUT2D eigenvalue weighted by molar-refractivity contribution is -0.119. The summed E-state index contributed by atoms with van der Waals surface area (Å²) in [7, 11) is 0. The molecule has 0 saturated carbocycles. The number of amides is 1. The molecule has 1 aromatic heterocycles. The van der Waals surface area contributed by atoms with E-state index in [-0.39, 0.29) is 23.5 Å². The van der Waals surface area contributed by atoms with Crippen LogP contribution in [0.4, 0.5) is 4.39 Å². The lowest BCUT2D eigenvalue weighted by Crippen LogP contribution is -2.29. The van der Waals surface area contributed by atoms with Crippen molar-refractivity contribution in [3.63, 3.8) is 0 Å². The standard InChI is InChI=1S/C23H25FN4OS/c1-4-14-28-22(18-10-12-19(24)13-11-18)26-27-23(28)30-15-21(29)25-20(5-2)17-8-6-16(3)7-9-17/h4,6-13,20H,1,5,14-15H2,2-3H3,(H,25,29)/t20-/m0/s1. The van der Waals surface area contributed by atoms with Gasteiger partial charge < -0.3 is 5.32 Å². The van der Waals surface area contributed by atoms with E-state index in [0.717, 1.165) is 17.5 Å². The highest BCUT2D eigenvalue weighted by Gasteiger charge is 2.17. The number of hydrogen-bond donors (Lipinski definition) is 1. The first-order valence-corrected chi connectivity index (χ1v) is 10.8. The molecule has 30 heavy (non-hydrogen) atoms. The molecule has 3 aromatic rings. The SMILES string of the molecule is C=CCn1c(SCC(=O)N[C@@H](CC)c2ccc(C)cc2)nnc1-c1ccc(F)cc1. The van der Waals surface area contributed by atoms with Crippen LogP contribution in [0.15, 0.2) is 66.3 Å². The molecule has 156 valence electrons. The number of rotatable bonds is 9. The van der Waals surface area contributed by atoms with Crippen LogP contribution in [-0.4, -0.2) is 26.4 Å². The van der Waals surface area contributed by atoms with Gasteiger partial charge in [-0.2, -0.15) is 0 Å². The molecule has 1 N–H and O–H groups in total. The first-order chi connectivity index (χ1) is 14.5. The van der Waals surface area contributed by atoms with Crippen LogP contribution in [0.5, 0.6) is 0 Å². The zero-order valence-corrected chi connectivity index (χ0v) is 18.0. The van der Waals surface area contributed by atoms with Gasteiger partial charge in [-0.05, 0) is 43.2 Å². The number of carbonyl (C=O) groups excluding carboxylic acids is 1. The van der Waals surface area contributed by atoms with Crippen molar-refractivity contribution in [2.24, 2.45) is 0 Å². The number of halogens is 1. The lowest BCUT2D eigenvalue weighted by Gasteiger charge is -2.17. The molecule has 1 amide bonds. The zero-order chi connectivity index (χ0) is 21.5. The van der Waals surface area contributed by atoms with E-state index in [1.807, 2.05) is 42.7 Å². The molecule has 0 unspecified atom stereocenters. The molecule has 2 aromatic carbocycles. The first-order valence-electron chi connectivity index (χ1n) is 9.80. The molecule has 0 fully saturated rings. The fraction of sp³-hybridized carbons (Fsp3) is 0.261. The molecule has 1 heterocycles. The molecule has 3 rings (SSSR count). The summed E-state index contributed by atoms with van der Waals surface area (Å²) < 4.78 is 15.1. The van der Waals surface area contributed by atoms with Crippen molar-refractivity contribution >= 4 is 17.7 Å². The monoisotopic (exact) mass is 424 g/mol. The Morgan fingerprint density at radius 3 is 2.53 bits per heavy atom. The zero-order valence-electron chi connectivity index (χ0n) is 17.1. The summed E-state index contributed by atoms with van der Waals surface area (Å²) in [5.41, 5.74) is 3.04. The minimum atomic E-state index is -0.307. The Hall–Kier alpha value is -2.93. The van der Waals surface area contributed by atoms with Crippen molar-refractivity contribution in [3.8, 4) is 11.4 Å². The Balaban J connectivity index is 1.68. The van der Waals surface area contributed by atoms with Gasteiger partial charge >= 0.3 is 0 Å². The van der Waals surface area contributed by atoms with Gasteiger partial charge in [0, 0.05) is 12.1 Å². The summed E-state index contributed by atoms with van der Waals surface area (Å²) >= 11 is 1.32. The van der Waals surface area contributed by atoms with Crippen molar-refractivity contribution in [1.29, 1.82) is 0 Å². The quantitative estimate of drug-likeness (QED) is 0.390. The van der Waals surface area contributed by atoms with Gasteiger partial charge in [-0.3, -0.25) is 9.36 Å². The highest BCUT2D eigenvalue weighted by molar-refractivity contribution is 7.99. The average molecular weight is 425 g/mol. The lowest BCUT2D eigenvalue weighted by atomic mass is 10.0. The second kappa shape index (κ2) is 10.2. The van der Waals surface area contributed by atoms with Crippen molar-refractivity contribution in [3.05, 3.63) is 78.1 Å². The fourth-order valence-electron chi connectivity index (χ4n) is 3.09. The van der Waals surface area contributed by atoms with Gasteiger partial charge in [0.2, 0.25) is 5.91 Å². The van der Waals surface area contributed by atoms with E-state index in [0.29, 0.717) is 17.5 Å². The third-order valence-electron chi connectivity index (χ3n) is 4.69. The first kappa shape index (κ1) is 21.8. The van der Waals surface area contributed by atoms with Crippen molar-refractivity contribution in [2.75, 3.05) is 5.75 Å². The number of nitrogens with zero attached hydrogens (tertiary/aromatic N) is 3. The van der Waals surface area contributed by atoms with Crippen molar-refractivity contribution in [2.45, 2.75) is 38.0 Å². The van der Waals surface area contributed by atoms with Gasteiger partial charge in [-0.25, -0.2) is 4.39 Å². The summed E-state index contributed by atoms with van der Waals surface area (Å²) in [6.07, 6.45) is 2.55. The van der Waals surface area contributed by atoms with Gasteiger partial charge in [0.05, 0.1) is 11.8 Å². The Labute approximate surface area is 180 Å². The summed E-state index contributed by atoms with van der Waals surface area (Å²) in [5, 5.41) is 12.2. The highest BCUT2D eigenvalue weighted by Crippen LogP contribution is 2.25. The van der Waals surface area contributed by atoms with Gasteiger partial charge in [-0.15, -0.1) is 16.8 Å². The summed E-state index contributed by atoms with van der Waals surface area (Å²) in [6, 6.07) is 14.3. The normalized spacial score (nSPS) is 11.8. The third kappa shape index (κ3) is 5.36. The maximum Gasteiger partial charge on any atom is 0.230 e. The van der Waals surface area contributed by atoms with Gasteiger partial charge in [0.15, 0.2) is 11.0 Å². The van der Waals surface area contributed by atoms with E-state index < -0.39 is 0 Å². The third-order valence-corrected chi connectivity index (χ3v) is 5.65. The van der Waals surface area contributed by atoms with Crippen LogP contribution in [0.2, 0.25) is 0 Å². The largest absolute Gasteiger partial charge is 0.349 e. The number of thioether (sulfide) groups is 1. The van der Waals surface area contributed by atoms with E-state index in [2.05, 4.69) is 22.1 Å². The van der Waals surface area contributed by atoms with Crippen LogP contribution >= 0.6 is 11.8 Å². The smallest absolute Gasteiger partial charge is 0.230 e. The predicted octanol–water partition coefficient (Wildman–Crippen LogP) is 4.94. The Morgan fingerprint density at radius 1 is 1.20 bits per heavy atom. The van der Waals surface area contributed by atoms with Crippen molar-refractivity contribution < 1.29 is 9.18 Å². The second-order valence-corrected chi connectivity index (χ2v) is 7.88. The number of allylic oxidation sites excluding steroid dienone is 1. The number of benzene rings is 2. The Kier molecular flexibility index (Phi) is 7.41. The van der Waals surface area contributed by atoms with E-state index in [9.17, 15) is 9.18 Å². The van der Waals surface area contributed by atoms with E-state index in [4.69, 9.17) is 0 Å².